The van der Waals surface area contributed by atoms with E-state index >= 15 is 0 Å². The molecule has 1 aromatic carbocycles. The molecule has 1 saturated heterocycles. The van der Waals surface area contributed by atoms with E-state index in [0.717, 1.165) is 6.54 Å². The summed E-state index contributed by atoms with van der Waals surface area (Å²) in [5, 5.41) is 3.53. The molecule has 0 radical (unpaired) electrons. The largest absolute Gasteiger partial charge is 0.320 e. The number of nitrogens with two attached hydrogens (primary N) is 1. The Morgan fingerprint density at radius 3 is 2.60 bits per heavy atom. The lowest BCUT2D eigenvalue weighted by molar-refractivity contribution is 0.271. The average Bonchev–Trinajstić information content (AvgIpc) is 2.31. The van der Waals surface area contributed by atoms with Gasteiger partial charge in [0, 0.05) is 6.04 Å². The Bertz CT molecular complexity index is 300. The Labute approximate surface area is 91.9 Å². The highest BCUT2D eigenvalue weighted by atomic mass is 15.0. The second-order valence-electron chi connectivity index (χ2n) is 4.65. The van der Waals surface area contributed by atoms with Crippen molar-refractivity contribution in [1.29, 1.82) is 0 Å². The quantitative estimate of drug-likeness (QED) is 0.773. The van der Waals surface area contributed by atoms with Crippen molar-refractivity contribution in [3.05, 3.63) is 35.9 Å². The lowest BCUT2D eigenvalue weighted by Gasteiger charge is -2.38. The van der Waals surface area contributed by atoms with Crippen LogP contribution < -0.4 is 11.1 Å². The van der Waals surface area contributed by atoms with Crippen LogP contribution in [0.5, 0.6) is 0 Å². The van der Waals surface area contributed by atoms with E-state index in [1.165, 1.54) is 24.8 Å². The SMILES string of the molecule is CC(N)(c1ccccc1)C1CCCCN1. The molecule has 0 spiro atoms. The lowest BCUT2D eigenvalue weighted by Crippen LogP contribution is -2.54. The van der Waals surface area contributed by atoms with E-state index in [1.54, 1.807) is 0 Å². The van der Waals surface area contributed by atoms with Crippen LogP contribution in [-0.2, 0) is 5.54 Å². The molecule has 2 nitrogen and oxygen atoms in total. The molecule has 0 amide bonds. The first-order valence-corrected chi connectivity index (χ1v) is 5.79. The van der Waals surface area contributed by atoms with Crippen LogP contribution >= 0.6 is 0 Å². The van der Waals surface area contributed by atoms with Gasteiger partial charge in [-0.2, -0.15) is 0 Å². The average molecular weight is 204 g/mol. The van der Waals surface area contributed by atoms with Gasteiger partial charge in [-0.25, -0.2) is 0 Å². The molecule has 2 heteroatoms. The van der Waals surface area contributed by atoms with Gasteiger partial charge in [-0.1, -0.05) is 36.8 Å². The van der Waals surface area contributed by atoms with Gasteiger partial charge in [0.25, 0.3) is 0 Å². The smallest absolute Gasteiger partial charge is 0.0536 e. The van der Waals surface area contributed by atoms with Crippen molar-refractivity contribution in [2.45, 2.75) is 37.8 Å². The first-order chi connectivity index (χ1) is 7.21. The van der Waals surface area contributed by atoms with Gasteiger partial charge < -0.3 is 11.1 Å². The molecular weight excluding hydrogens is 184 g/mol. The molecule has 2 rings (SSSR count). The van der Waals surface area contributed by atoms with E-state index in [-0.39, 0.29) is 5.54 Å². The standard InChI is InChI=1S/C13H20N2/c1-13(14,11-7-3-2-4-8-11)12-9-5-6-10-15-12/h2-4,7-8,12,15H,5-6,9-10,14H2,1H3. The highest BCUT2D eigenvalue weighted by Crippen LogP contribution is 2.26. The van der Waals surface area contributed by atoms with Gasteiger partial charge in [-0.15, -0.1) is 0 Å². The van der Waals surface area contributed by atoms with Crippen LogP contribution in [-0.4, -0.2) is 12.6 Å². The van der Waals surface area contributed by atoms with Crippen molar-refractivity contribution in [1.82, 2.24) is 5.32 Å². The molecule has 3 N–H and O–H groups in total. The highest BCUT2D eigenvalue weighted by molar-refractivity contribution is 5.25. The minimum Gasteiger partial charge on any atom is -0.320 e. The van der Waals surface area contributed by atoms with Gasteiger partial charge in [-0.05, 0) is 31.9 Å². The van der Waals surface area contributed by atoms with Crippen molar-refractivity contribution in [3.63, 3.8) is 0 Å². The maximum Gasteiger partial charge on any atom is 0.0536 e. The summed E-state index contributed by atoms with van der Waals surface area (Å²) in [7, 11) is 0. The van der Waals surface area contributed by atoms with Gasteiger partial charge in [0.05, 0.1) is 5.54 Å². The molecule has 1 aliphatic heterocycles. The van der Waals surface area contributed by atoms with E-state index < -0.39 is 0 Å². The Balaban J connectivity index is 2.18. The Kier molecular flexibility index (Phi) is 3.08. The van der Waals surface area contributed by atoms with E-state index in [4.69, 9.17) is 5.73 Å². The van der Waals surface area contributed by atoms with E-state index in [9.17, 15) is 0 Å². The minimum absolute atomic E-state index is 0.248. The molecule has 0 aromatic heterocycles. The Hall–Kier alpha value is -0.860. The van der Waals surface area contributed by atoms with Crippen molar-refractivity contribution >= 4 is 0 Å². The van der Waals surface area contributed by atoms with Crippen LogP contribution in [0.1, 0.15) is 31.7 Å². The zero-order valence-electron chi connectivity index (χ0n) is 9.37. The van der Waals surface area contributed by atoms with Gasteiger partial charge in [0.1, 0.15) is 0 Å². The van der Waals surface area contributed by atoms with Crippen molar-refractivity contribution in [2.75, 3.05) is 6.54 Å². The van der Waals surface area contributed by atoms with E-state index in [0.29, 0.717) is 6.04 Å². The third-order valence-electron chi connectivity index (χ3n) is 3.43. The highest BCUT2D eigenvalue weighted by Gasteiger charge is 2.32. The van der Waals surface area contributed by atoms with Crippen LogP contribution in [0.4, 0.5) is 0 Å². The molecule has 0 saturated carbocycles. The molecule has 1 fully saturated rings. The summed E-state index contributed by atoms with van der Waals surface area (Å²) < 4.78 is 0. The van der Waals surface area contributed by atoms with E-state index in [1.807, 2.05) is 6.07 Å². The molecule has 1 heterocycles. The predicted molar refractivity (Wildman–Crippen MR) is 63.6 cm³/mol. The summed E-state index contributed by atoms with van der Waals surface area (Å²) in [5.74, 6) is 0. The second kappa shape index (κ2) is 4.33. The fourth-order valence-corrected chi connectivity index (χ4v) is 2.36. The molecular formula is C13H20N2. The summed E-state index contributed by atoms with van der Waals surface area (Å²) in [4.78, 5) is 0. The number of piperidine rings is 1. The summed E-state index contributed by atoms with van der Waals surface area (Å²) in [6.07, 6.45) is 3.75. The zero-order chi connectivity index (χ0) is 10.7. The van der Waals surface area contributed by atoms with Gasteiger partial charge in [-0.3, -0.25) is 0 Å². The number of rotatable bonds is 2. The summed E-state index contributed by atoms with van der Waals surface area (Å²) in [6.45, 7) is 3.23. The number of hydrogen-bond acceptors (Lipinski definition) is 2. The molecule has 1 aromatic rings. The van der Waals surface area contributed by atoms with Crippen molar-refractivity contribution in [3.8, 4) is 0 Å². The maximum atomic E-state index is 6.45. The van der Waals surface area contributed by atoms with Crippen LogP contribution in [0.3, 0.4) is 0 Å². The maximum absolute atomic E-state index is 6.45. The molecule has 0 aliphatic carbocycles. The number of benzene rings is 1. The lowest BCUT2D eigenvalue weighted by atomic mass is 9.81. The van der Waals surface area contributed by atoms with Crippen LogP contribution in [0.15, 0.2) is 30.3 Å². The Morgan fingerprint density at radius 1 is 1.27 bits per heavy atom. The Morgan fingerprint density at radius 2 is 2.00 bits per heavy atom. The first-order valence-electron chi connectivity index (χ1n) is 5.79. The number of nitrogens with one attached hydrogen (secondary N) is 1. The van der Waals surface area contributed by atoms with Crippen molar-refractivity contribution < 1.29 is 0 Å². The minimum atomic E-state index is -0.248. The van der Waals surface area contributed by atoms with E-state index in [2.05, 4.69) is 36.5 Å². The van der Waals surface area contributed by atoms with Crippen LogP contribution in [0, 0.1) is 0 Å². The molecule has 2 atom stereocenters. The monoisotopic (exact) mass is 204 g/mol. The summed E-state index contributed by atoms with van der Waals surface area (Å²) in [6, 6.07) is 10.8. The summed E-state index contributed by atoms with van der Waals surface area (Å²) in [5.41, 5.74) is 7.43. The fraction of sp³-hybridized carbons (Fsp3) is 0.538. The third-order valence-corrected chi connectivity index (χ3v) is 3.43. The van der Waals surface area contributed by atoms with Crippen LogP contribution in [0.25, 0.3) is 0 Å². The zero-order valence-corrected chi connectivity index (χ0v) is 9.37. The molecule has 15 heavy (non-hydrogen) atoms. The van der Waals surface area contributed by atoms with Crippen molar-refractivity contribution in [2.24, 2.45) is 5.73 Å². The predicted octanol–water partition coefficient (Wildman–Crippen LogP) is 2.00. The van der Waals surface area contributed by atoms with Gasteiger partial charge in [0.15, 0.2) is 0 Å². The summed E-state index contributed by atoms with van der Waals surface area (Å²) >= 11 is 0. The molecule has 82 valence electrons. The molecule has 0 bridgehead atoms. The fourth-order valence-electron chi connectivity index (χ4n) is 2.36. The third kappa shape index (κ3) is 2.21. The van der Waals surface area contributed by atoms with Gasteiger partial charge >= 0.3 is 0 Å². The van der Waals surface area contributed by atoms with Gasteiger partial charge in [0.2, 0.25) is 0 Å². The topological polar surface area (TPSA) is 38.0 Å². The molecule has 1 aliphatic rings. The first kappa shape index (κ1) is 10.7. The van der Waals surface area contributed by atoms with Crippen LogP contribution in [0.2, 0.25) is 0 Å². The second-order valence-corrected chi connectivity index (χ2v) is 4.65. The molecule has 2 unspecified atom stereocenters. The number of hydrogen-bond donors (Lipinski definition) is 2. The normalized spacial score (nSPS) is 25.9.